The maximum Gasteiger partial charge on any atom is -0.0208 e. The van der Waals surface area contributed by atoms with E-state index in [0.29, 0.717) is 0 Å². The quantitative estimate of drug-likeness (QED) is 0.530. The lowest BCUT2D eigenvalue weighted by molar-refractivity contribution is 0.220. The van der Waals surface area contributed by atoms with Crippen molar-refractivity contribution < 1.29 is 0 Å². The average molecular weight is 152 g/mol. The van der Waals surface area contributed by atoms with Gasteiger partial charge in [-0.2, -0.15) is 0 Å². The van der Waals surface area contributed by atoms with E-state index in [9.17, 15) is 0 Å². The summed E-state index contributed by atoms with van der Waals surface area (Å²) in [4.78, 5) is 0. The maximum atomic E-state index is 3.91. The average Bonchev–Trinajstić information content (AvgIpc) is 2.04. The van der Waals surface area contributed by atoms with Crippen molar-refractivity contribution in [3.05, 3.63) is 12.7 Å². The largest absolute Gasteiger partial charge is 0.103 e. The highest BCUT2D eigenvalue weighted by atomic mass is 14.3. The lowest BCUT2D eigenvalue weighted by atomic mass is 9.74. The molecule has 11 heavy (non-hydrogen) atoms. The van der Waals surface area contributed by atoms with E-state index in [-0.39, 0.29) is 0 Å². The zero-order valence-electron chi connectivity index (χ0n) is 7.84. The molecule has 0 heterocycles. The van der Waals surface area contributed by atoms with E-state index in [1.165, 1.54) is 25.7 Å². The van der Waals surface area contributed by atoms with Crippen molar-refractivity contribution >= 4 is 0 Å². The smallest absolute Gasteiger partial charge is 0.0208 e. The molecular formula is C11H20. The fourth-order valence-corrected chi connectivity index (χ4v) is 2.30. The SMILES string of the molecule is C=CC1CCC(C)CC1CC. The molecule has 0 saturated heterocycles. The van der Waals surface area contributed by atoms with Crippen LogP contribution in [0.15, 0.2) is 12.7 Å². The summed E-state index contributed by atoms with van der Waals surface area (Å²) in [6.07, 6.45) is 7.71. The van der Waals surface area contributed by atoms with E-state index < -0.39 is 0 Å². The van der Waals surface area contributed by atoms with E-state index >= 15 is 0 Å². The van der Waals surface area contributed by atoms with Crippen LogP contribution in [0.4, 0.5) is 0 Å². The molecule has 1 fully saturated rings. The van der Waals surface area contributed by atoms with Crippen LogP contribution in [-0.4, -0.2) is 0 Å². The Morgan fingerprint density at radius 3 is 2.73 bits per heavy atom. The minimum atomic E-state index is 0.816. The third kappa shape index (κ3) is 2.08. The first-order valence-electron chi connectivity index (χ1n) is 4.90. The number of allylic oxidation sites excluding steroid dienone is 1. The Balaban J connectivity index is 2.47. The van der Waals surface area contributed by atoms with Crippen LogP contribution in [0.25, 0.3) is 0 Å². The van der Waals surface area contributed by atoms with Gasteiger partial charge in [0.2, 0.25) is 0 Å². The fraction of sp³-hybridized carbons (Fsp3) is 0.818. The van der Waals surface area contributed by atoms with Crippen LogP contribution in [0.2, 0.25) is 0 Å². The second-order valence-electron chi connectivity index (χ2n) is 3.99. The highest BCUT2D eigenvalue weighted by Crippen LogP contribution is 2.35. The molecule has 1 rings (SSSR count). The Morgan fingerprint density at radius 1 is 1.45 bits per heavy atom. The van der Waals surface area contributed by atoms with Crippen molar-refractivity contribution in [3.8, 4) is 0 Å². The molecule has 0 spiro atoms. The van der Waals surface area contributed by atoms with Gasteiger partial charge in [-0.25, -0.2) is 0 Å². The van der Waals surface area contributed by atoms with Crippen LogP contribution < -0.4 is 0 Å². The molecule has 3 unspecified atom stereocenters. The van der Waals surface area contributed by atoms with Gasteiger partial charge in [0.1, 0.15) is 0 Å². The molecule has 0 N–H and O–H groups in total. The van der Waals surface area contributed by atoms with Gasteiger partial charge in [-0.1, -0.05) is 32.8 Å². The zero-order valence-corrected chi connectivity index (χ0v) is 7.84. The Morgan fingerprint density at radius 2 is 2.18 bits per heavy atom. The monoisotopic (exact) mass is 152 g/mol. The molecular weight excluding hydrogens is 132 g/mol. The van der Waals surface area contributed by atoms with Crippen molar-refractivity contribution in [2.45, 2.75) is 39.5 Å². The van der Waals surface area contributed by atoms with Gasteiger partial charge >= 0.3 is 0 Å². The minimum absolute atomic E-state index is 0.816. The summed E-state index contributed by atoms with van der Waals surface area (Å²) in [7, 11) is 0. The van der Waals surface area contributed by atoms with Gasteiger partial charge in [-0.3, -0.25) is 0 Å². The molecule has 0 amide bonds. The van der Waals surface area contributed by atoms with Crippen LogP contribution in [0.5, 0.6) is 0 Å². The summed E-state index contributed by atoms with van der Waals surface area (Å²) in [5.41, 5.74) is 0. The Hall–Kier alpha value is -0.260. The predicted molar refractivity (Wildman–Crippen MR) is 50.5 cm³/mol. The van der Waals surface area contributed by atoms with E-state index in [1.807, 2.05) is 0 Å². The van der Waals surface area contributed by atoms with Crippen molar-refractivity contribution in [2.75, 3.05) is 0 Å². The summed E-state index contributed by atoms with van der Waals surface area (Å²) in [5.74, 6) is 2.70. The fourth-order valence-electron chi connectivity index (χ4n) is 2.30. The summed E-state index contributed by atoms with van der Waals surface area (Å²) in [6.45, 7) is 8.59. The second kappa shape index (κ2) is 3.94. The van der Waals surface area contributed by atoms with Crippen LogP contribution in [-0.2, 0) is 0 Å². The van der Waals surface area contributed by atoms with Crippen molar-refractivity contribution in [2.24, 2.45) is 17.8 Å². The lowest BCUT2D eigenvalue weighted by Gasteiger charge is -2.32. The van der Waals surface area contributed by atoms with Crippen LogP contribution >= 0.6 is 0 Å². The zero-order chi connectivity index (χ0) is 8.27. The minimum Gasteiger partial charge on any atom is -0.103 e. The first kappa shape index (κ1) is 8.83. The number of rotatable bonds is 2. The maximum absolute atomic E-state index is 3.91. The molecule has 1 aliphatic carbocycles. The summed E-state index contributed by atoms with van der Waals surface area (Å²) in [6, 6.07) is 0. The normalized spacial score (nSPS) is 38.5. The highest BCUT2D eigenvalue weighted by Gasteiger charge is 2.24. The van der Waals surface area contributed by atoms with E-state index in [1.54, 1.807) is 0 Å². The predicted octanol–water partition coefficient (Wildman–Crippen LogP) is 3.63. The molecule has 0 aromatic heterocycles. The van der Waals surface area contributed by atoms with Crippen LogP contribution in [0.1, 0.15) is 39.5 Å². The van der Waals surface area contributed by atoms with E-state index in [0.717, 1.165) is 17.8 Å². The molecule has 0 nitrogen and oxygen atoms in total. The summed E-state index contributed by atoms with van der Waals surface area (Å²) in [5, 5.41) is 0. The number of hydrogen-bond acceptors (Lipinski definition) is 0. The molecule has 1 saturated carbocycles. The standard InChI is InChI=1S/C11H20/c1-4-10-7-6-9(3)8-11(10)5-2/h4,9-11H,1,5-8H2,2-3H3. The Bertz CT molecular complexity index is 126. The van der Waals surface area contributed by atoms with Gasteiger partial charge in [0, 0.05) is 0 Å². The third-order valence-corrected chi connectivity index (χ3v) is 3.13. The van der Waals surface area contributed by atoms with Gasteiger partial charge in [0.15, 0.2) is 0 Å². The van der Waals surface area contributed by atoms with Gasteiger partial charge < -0.3 is 0 Å². The summed E-state index contributed by atoms with van der Waals surface area (Å²) >= 11 is 0. The van der Waals surface area contributed by atoms with Crippen LogP contribution in [0.3, 0.4) is 0 Å². The topological polar surface area (TPSA) is 0 Å². The summed E-state index contributed by atoms with van der Waals surface area (Å²) < 4.78 is 0. The van der Waals surface area contributed by atoms with Crippen LogP contribution in [0, 0.1) is 17.8 Å². The second-order valence-corrected chi connectivity index (χ2v) is 3.99. The molecule has 3 atom stereocenters. The van der Waals surface area contributed by atoms with Crippen molar-refractivity contribution in [1.29, 1.82) is 0 Å². The van der Waals surface area contributed by atoms with Gasteiger partial charge in [-0.05, 0) is 30.6 Å². The molecule has 0 bridgehead atoms. The molecule has 0 aliphatic heterocycles. The molecule has 0 aromatic carbocycles. The third-order valence-electron chi connectivity index (χ3n) is 3.13. The highest BCUT2D eigenvalue weighted by molar-refractivity contribution is 4.88. The molecule has 64 valence electrons. The van der Waals surface area contributed by atoms with Crippen molar-refractivity contribution in [3.63, 3.8) is 0 Å². The van der Waals surface area contributed by atoms with Gasteiger partial charge in [0.05, 0.1) is 0 Å². The van der Waals surface area contributed by atoms with Crippen molar-refractivity contribution in [1.82, 2.24) is 0 Å². The molecule has 0 radical (unpaired) electrons. The number of hydrogen-bond donors (Lipinski definition) is 0. The molecule has 0 heteroatoms. The van der Waals surface area contributed by atoms with Gasteiger partial charge in [0.25, 0.3) is 0 Å². The Kier molecular flexibility index (Phi) is 3.16. The lowest BCUT2D eigenvalue weighted by Crippen LogP contribution is -2.21. The molecule has 0 aromatic rings. The molecule has 1 aliphatic rings. The van der Waals surface area contributed by atoms with E-state index in [2.05, 4.69) is 26.5 Å². The first-order chi connectivity index (χ1) is 5.27. The van der Waals surface area contributed by atoms with Gasteiger partial charge in [-0.15, -0.1) is 6.58 Å². The first-order valence-corrected chi connectivity index (χ1v) is 4.90. The van der Waals surface area contributed by atoms with E-state index in [4.69, 9.17) is 0 Å². The Labute approximate surface area is 70.7 Å².